The zero-order valence-corrected chi connectivity index (χ0v) is 30.0. The normalized spacial score (nSPS) is 11.2. The molecule has 1 aromatic heterocycles. The van der Waals surface area contributed by atoms with Crippen LogP contribution in [0.1, 0.15) is 129 Å². The fourth-order valence-corrected chi connectivity index (χ4v) is 4.85. The molecule has 0 N–H and O–H groups in total. The second-order valence-electron chi connectivity index (χ2n) is 11.7. The number of hydrogen-bond acceptors (Lipinski definition) is 3. The van der Waals surface area contributed by atoms with Crippen molar-refractivity contribution in [2.75, 3.05) is 0 Å². The summed E-state index contributed by atoms with van der Waals surface area (Å²) in [4.78, 5) is 14.9. The van der Waals surface area contributed by atoms with Gasteiger partial charge in [-0.25, -0.2) is 4.98 Å². The van der Waals surface area contributed by atoms with Crippen molar-refractivity contribution in [1.29, 1.82) is 0 Å². The molecule has 0 bridgehead atoms. The van der Waals surface area contributed by atoms with E-state index in [4.69, 9.17) is 15.0 Å². The maximum absolute atomic E-state index is 5.01. The van der Waals surface area contributed by atoms with E-state index in [0.717, 1.165) is 28.3 Å². The molecule has 3 aromatic rings. The zero-order chi connectivity index (χ0) is 27.4. The summed E-state index contributed by atoms with van der Waals surface area (Å²) in [6, 6.07) is 13.3. The molecule has 3 rings (SSSR count). The van der Waals surface area contributed by atoms with E-state index in [1.807, 2.05) is 12.4 Å². The largest absolute Gasteiger partial charge is 3.00 e. The summed E-state index contributed by atoms with van der Waals surface area (Å²) in [5.74, 6) is 1.60. The summed E-state index contributed by atoms with van der Waals surface area (Å²) in [5, 5.41) is 0. The van der Waals surface area contributed by atoms with Crippen LogP contribution >= 0.6 is 0 Å². The van der Waals surface area contributed by atoms with E-state index in [0.29, 0.717) is 23.7 Å². The van der Waals surface area contributed by atoms with Crippen molar-refractivity contribution in [1.82, 2.24) is 4.98 Å². The molecule has 0 amide bonds. The molecule has 0 aliphatic heterocycles. The fraction of sp³-hybridized carbons (Fsp3) is 0.441. The van der Waals surface area contributed by atoms with Gasteiger partial charge in [-0.1, -0.05) is 90.8 Å². The number of pyridine rings is 1. The second-order valence-corrected chi connectivity index (χ2v) is 11.7. The molecule has 0 fully saturated rings. The minimum Gasteiger partial charge on any atom is -1.00 e. The van der Waals surface area contributed by atoms with E-state index in [1.54, 1.807) is 0 Å². The van der Waals surface area contributed by atoms with Gasteiger partial charge in [-0.3, -0.25) is 9.98 Å². The first kappa shape index (κ1) is 41.5. The summed E-state index contributed by atoms with van der Waals surface area (Å²) in [6.07, 6.45) is 3.83. The Labute approximate surface area is 279 Å². The van der Waals surface area contributed by atoms with Crippen molar-refractivity contribution in [2.45, 2.75) is 99.8 Å². The van der Waals surface area contributed by atoms with Gasteiger partial charge in [0.25, 0.3) is 0 Å². The molecule has 2 aromatic carbocycles. The third-order valence-electron chi connectivity index (χ3n) is 6.78. The van der Waals surface area contributed by atoms with Crippen LogP contribution < -0.4 is 37.2 Å². The monoisotopic (exact) mass is 651 g/mol. The number of aromatic nitrogens is 1. The third-order valence-corrected chi connectivity index (χ3v) is 6.78. The van der Waals surface area contributed by atoms with Crippen molar-refractivity contribution in [3.8, 4) is 0 Å². The van der Waals surface area contributed by atoms with Crippen molar-refractivity contribution < 1.29 is 55.8 Å². The first-order valence-corrected chi connectivity index (χ1v) is 13.7. The summed E-state index contributed by atoms with van der Waals surface area (Å²) in [6.45, 7) is 24.3. The van der Waals surface area contributed by atoms with E-state index >= 15 is 0 Å². The number of halogens is 3. The van der Waals surface area contributed by atoms with Crippen LogP contribution in [0.3, 0.4) is 0 Å². The topological polar surface area (TPSA) is 37.6 Å². The number of benzene rings is 2. The molecular weight excluding hydrogens is 608 g/mol. The van der Waals surface area contributed by atoms with Crippen LogP contribution in [0.15, 0.2) is 46.4 Å². The first-order chi connectivity index (χ1) is 17.4. The molecule has 0 aliphatic carbocycles. The van der Waals surface area contributed by atoms with Gasteiger partial charge in [-0.15, -0.1) is 0 Å². The van der Waals surface area contributed by atoms with E-state index in [1.165, 1.54) is 33.4 Å². The molecule has 0 saturated carbocycles. The molecule has 0 spiro atoms. The van der Waals surface area contributed by atoms with E-state index in [-0.39, 0.29) is 55.8 Å². The fourth-order valence-electron chi connectivity index (χ4n) is 4.85. The molecule has 0 atom stereocenters. The summed E-state index contributed by atoms with van der Waals surface area (Å²) < 4.78 is 0. The van der Waals surface area contributed by atoms with Crippen LogP contribution in [0.4, 0.5) is 11.4 Å². The predicted molar refractivity (Wildman–Crippen MR) is 162 cm³/mol. The summed E-state index contributed by atoms with van der Waals surface area (Å²) >= 11 is 0. The molecule has 1 heterocycles. The van der Waals surface area contributed by atoms with Crippen LogP contribution in [-0.2, 0) is 18.6 Å². The van der Waals surface area contributed by atoms with E-state index < -0.39 is 0 Å². The Balaban J connectivity index is 0. The number of aryl methyl sites for hydroxylation is 3. The van der Waals surface area contributed by atoms with Gasteiger partial charge >= 0.3 is 18.6 Å². The molecule has 0 unspecified atom stereocenters. The van der Waals surface area contributed by atoms with Crippen LogP contribution in [-0.4, -0.2) is 17.4 Å². The average Bonchev–Trinajstić information content (AvgIpc) is 2.80. The van der Waals surface area contributed by atoms with Crippen molar-refractivity contribution >= 4 is 23.8 Å². The summed E-state index contributed by atoms with van der Waals surface area (Å²) in [5.41, 5.74) is 12.7. The Kier molecular flexibility index (Phi) is 18.4. The Morgan fingerprint density at radius 1 is 0.488 bits per heavy atom. The molecule has 222 valence electrons. The quantitative estimate of drug-likeness (QED) is 0.335. The van der Waals surface area contributed by atoms with Gasteiger partial charge in [-0.2, -0.15) is 0 Å². The van der Waals surface area contributed by atoms with Crippen LogP contribution in [0.5, 0.6) is 0 Å². The van der Waals surface area contributed by atoms with Gasteiger partial charge in [0, 0.05) is 0 Å². The maximum atomic E-state index is 5.01. The van der Waals surface area contributed by atoms with Gasteiger partial charge in [0.15, 0.2) is 0 Å². The third kappa shape index (κ3) is 10.9. The van der Waals surface area contributed by atoms with Gasteiger partial charge in [0.1, 0.15) is 0 Å². The Morgan fingerprint density at radius 2 is 0.732 bits per heavy atom. The molecule has 0 saturated heterocycles. The number of aliphatic imine (C=N–C) groups is 2. The Hall–Kier alpha value is -1.62. The van der Waals surface area contributed by atoms with E-state index in [9.17, 15) is 0 Å². The van der Waals surface area contributed by atoms with Crippen molar-refractivity contribution in [3.05, 3.63) is 86.7 Å². The Bertz CT molecular complexity index is 1170. The smallest absolute Gasteiger partial charge is 1.00 e. The van der Waals surface area contributed by atoms with Gasteiger partial charge in [0.2, 0.25) is 0 Å². The van der Waals surface area contributed by atoms with Crippen molar-refractivity contribution in [3.63, 3.8) is 0 Å². The average molecular weight is 653 g/mol. The molecular formula is C34H45Cl3N3V. The summed E-state index contributed by atoms with van der Waals surface area (Å²) in [7, 11) is 0. The Morgan fingerprint density at radius 3 is 0.976 bits per heavy atom. The number of nitrogens with zero attached hydrogens (tertiary/aromatic N) is 3. The van der Waals surface area contributed by atoms with Crippen LogP contribution in [0.2, 0.25) is 0 Å². The molecule has 0 aliphatic rings. The number of hydrogen-bond donors (Lipinski definition) is 0. The predicted octanol–water partition coefficient (Wildman–Crippen LogP) is 1.01. The number of rotatable bonds is 8. The van der Waals surface area contributed by atoms with Crippen molar-refractivity contribution in [2.24, 2.45) is 9.98 Å². The van der Waals surface area contributed by atoms with Gasteiger partial charge in [0.05, 0.1) is 35.2 Å². The standard InChI is InChI=1S/C34H45N3.3ClH.V/c1-20(2)29-14-25(10)15-30(21(3)4)33(29)35-18-27-12-24(9)13-28(37-27)19-36-34-31(22(5)6)16-26(11)17-32(34)23(7)8;;;;/h12-23H,1-11H3;3*1H;/q;;;;+3/p-3. The zero-order valence-electron chi connectivity index (χ0n) is 26.4. The van der Waals surface area contributed by atoms with Crippen LogP contribution in [0.25, 0.3) is 0 Å². The van der Waals surface area contributed by atoms with E-state index in [2.05, 4.69) is 113 Å². The van der Waals surface area contributed by atoms with Gasteiger partial charge < -0.3 is 37.2 Å². The molecule has 3 nitrogen and oxygen atoms in total. The maximum Gasteiger partial charge on any atom is 3.00 e. The SMILES string of the molecule is Cc1cc(C=Nc2c(C(C)C)cc(C)cc2C(C)C)nc(C=Nc2c(C(C)C)cc(C)cc2C(C)C)c1.[Cl-].[Cl-].[Cl-].[V+3]. The molecule has 0 radical (unpaired) electrons. The van der Waals surface area contributed by atoms with Crippen LogP contribution in [0, 0.1) is 20.8 Å². The second kappa shape index (κ2) is 18.1. The molecule has 7 heteroatoms. The minimum atomic E-state index is 0. The molecule has 41 heavy (non-hydrogen) atoms. The van der Waals surface area contributed by atoms with Gasteiger partial charge in [-0.05, 0) is 84.4 Å². The minimum absolute atomic E-state index is 0. The first-order valence-electron chi connectivity index (χ1n) is 13.7.